The van der Waals surface area contributed by atoms with Crippen LogP contribution in [0.1, 0.15) is 90.7 Å². The van der Waals surface area contributed by atoms with Crippen LogP contribution in [-0.2, 0) is 38.0 Å². The van der Waals surface area contributed by atoms with Gasteiger partial charge in [0.05, 0.1) is 24.3 Å². The van der Waals surface area contributed by atoms with E-state index in [0.717, 1.165) is 11.1 Å². The fraction of sp³-hybridized carbons (Fsp3) is 0.571. The highest BCUT2D eigenvalue weighted by atomic mass is 16.7. The summed E-state index contributed by atoms with van der Waals surface area (Å²) >= 11 is 0. The first-order valence-corrected chi connectivity index (χ1v) is 23.1. The number of ether oxygens (including phenoxy) is 6. The Morgan fingerprint density at radius 3 is 2.34 bits per heavy atom. The number of cyclic esters (lactones) is 1. The molecular weight excluding hydrogens is 879 g/mol. The van der Waals surface area contributed by atoms with Crippen molar-refractivity contribution >= 4 is 36.0 Å². The number of likely N-dealkylation sites (N-methyl/N-ethyl adjacent to an activating group) is 1. The van der Waals surface area contributed by atoms with Gasteiger partial charge in [-0.3, -0.25) is 14.6 Å². The van der Waals surface area contributed by atoms with Crippen molar-refractivity contribution in [1.29, 1.82) is 0 Å². The van der Waals surface area contributed by atoms with Crippen LogP contribution in [0.2, 0.25) is 0 Å². The Kier molecular flexibility index (Phi) is 16.7. The van der Waals surface area contributed by atoms with Crippen molar-refractivity contribution in [3.8, 4) is 11.4 Å². The van der Waals surface area contributed by atoms with E-state index >= 15 is 0 Å². The molecule has 2 amide bonds. The summed E-state index contributed by atoms with van der Waals surface area (Å²) in [7, 11) is 3.65. The summed E-state index contributed by atoms with van der Waals surface area (Å²) in [5.74, 6) is -5.60. The number of aromatic nitrogens is 4. The third-order valence-corrected chi connectivity index (χ3v) is 13.4. The van der Waals surface area contributed by atoms with E-state index in [-0.39, 0.29) is 30.9 Å². The van der Waals surface area contributed by atoms with Crippen LogP contribution >= 0.6 is 0 Å². The highest BCUT2D eigenvalue weighted by molar-refractivity contribution is 5.87. The van der Waals surface area contributed by atoms with Crippen molar-refractivity contribution in [3.05, 3.63) is 78.6 Å². The first-order chi connectivity index (χ1) is 32.3. The summed E-state index contributed by atoms with van der Waals surface area (Å²) < 4.78 is 37.8. The van der Waals surface area contributed by atoms with Crippen molar-refractivity contribution in [1.82, 2.24) is 35.5 Å². The standard InChI is InChI=1S/C49H65N7O12/c1-11-36-49(8)40(55-47(62)68-49)29(4)37(57)27(2)25-48(7,67-46(61)54-19-12-14-32-15-17-33(18-16-32)42-52-20-13-21-53-42)41(66-45-38(58)35(56(9)10)24-28(3)63-45)30(5)39(31(6)43(59)64-36)65-44(60)34-26-50-22-23-51-34/h12-18,20-23,26-31,35-36,38-41,45,58H,11,19,24-25H2,1-10H3,(H,54,61)(H,55,62)/t27-,28-,29+,30+,31-,35+,36-,38-,39+,40-,41-,45+,48-,49-/m1/s1. The lowest BCUT2D eigenvalue weighted by Crippen LogP contribution is -2.61. The molecule has 3 aromatic rings. The predicted molar refractivity (Wildman–Crippen MR) is 246 cm³/mol. The molecule has 0 unspecified atom stereocenters. The van der Waals surface area contributed by atoms with Crippen LogP contribution in [-0.4, -0.2) is 141 Å². The van der Waals surface area contributed by atoms with Gasteiger partial charge in [0.25, 0.3) is 0 Å². The lowest BCUT2D eigenvalue weighted by molar-refractivity contribution is -0.298. The Hall–Kier alpha value is -5.89. The highest BCUT2D eigenvalue weighted by Gasteiger charge is 2.58. The molecule has 1 aromatic carbocycles. The van der Waals surface area contributed by atoms with Gasteiger partial charge in [-0.2, -0.15) is 0 Å². The second kappa shape index (κ2) is 22.0. The molecule has 0 radical (unpaired) electrons. The van der Waals surface area contributed by atoms with Crippen molar-refractivity contribution in [2.75, 3.05) is 20.6 Å². The van der Waals surface area contributed by atoms with Gasteiger partial charge in [0.1, 0.15) is 35.8 Å². The smallest absolute Gasteiger partial charge is 0.408 e. The summed E-state index contributed by atoms with van der Waals surface area (Å²) in [5.41, 5.74) is -1.77. The van der Waals surface area contributed by atoms with Gasteiger partial charge in [-0.25, -0.2) is 29.3 Å². The van der Waals surface area contributed by atoms with Crippen LogP contribution in [0.3, 0.4) is 0 Å². The van der Waals surface area contributed by atoms with Gasteiger partial charge in [0.15, 0.2) is 23.4 Å². The van der Waals surface area contributed by atoms with Gasteiger partial charge in [0.2, 0.25) is 0 Å². The molecule has 19 heteroatoms. The molecule has 68 heavy (non-hydrogen) atoms. The molecule has 2 aromatic heterocycles. The molecule has 19 nitrogen and oxygen atoms in total. The minimum atomic E-state index is -1.80. The number of rotatable bonds is 11. The van der Waals surface area contributed by atoms with Crippen LogP contribution in [0, 0.1) is 23.7 Å². The first-order valence-electron chi connectivity index (χ1n) is 23.1. The first kappa shape index (κ1) is 51.5. The molecule has 0 bridgehead atoms. The maximum Gasteiger partial charge on any atom is 0.408 e. The van der Waals surface area contributed by atoms with Crippen molar-refractivity contribution in [3.63, 3.8) is 0 Å². The average Bonchev–Trinajstić information content (AvgIpc) is 3.64. The van der Waals surface area contributed by atoms with Crippen LogP contribution in [0.5, 0.6) is 0 Å². The zero-order valence-electron chi connectivity index (χ0n) is 40.4. The molecule has 3 fully saturated rings. The Balaban J connectivity index is 1.41. The van der Waals surface area contributed by atoms with E-state index < -0.39 is 108 Å². The van der Waals surface area contributed by atoms with Gasteiger partial charge in [0, 0.05) is 60.7 Å². The van der Waals surface area contributed by atoms with Crippen LogP contribution < -0.4 is 10.6 Å². The van der Waals surface area contributed by atoms with E-state index in [2.05, 4.69) is 30.6 Å². The van der Waals surface area contributed by atoms with E-state index in [1.54, 1.807) is 66.1 Å². The second-order valence-electron chi connectivity index (χ2n) is 18.7. The number of aliphatic hydroxyl groups is 1. The molecule has 368 valence electrons. The number of carbonyl (C=O) groups excluding carboxylic acids is 5. The van der Waals surface area contributed by atoms with Crippen molar-refractivity contribution in [2.24, 2.45) is 23.7 Å². The molecule has 3 N–H and O–H groups in total. The van der Waals surface area contributed by atoms with E-state index in [0.29, 0.717) is 12.2 Å². The molecule has 3 aliphatic rings. The molecule has 0 spiro atoms. The van der Waals surface area contributed by atoms with Gasteiger partial charge in [-0.1, -0.05) is 64.1 Å². The minimum absolute atomic E-state index is 0.0251. The van der Waals surface area contributed by atoms with Gasteiger partial charge < -0.3 is 49.1 Å². The lowest BCUT2D eigenvalue weighted by atomic mass is 9.73. The van der Waals surface area contributed by atoms with Crippen LogP contribution in [0.25, 0.3) is 17.5 Å². The fourth-order valence-corrected chi connectivity index (χ4v) is 9.80. The molecule has 14 atom stereocenters. The number of Topliss-reactive ketones (excluding diaryl/α,β-unsaturated/α-hetero) is 1. The van der Waals surface area contributed by atoms with E-state index in [9.17, 15) is 29.1 Å². The third kappa shape index (κ3) is 11.7. The number of aliphatic hydroxyl groups excluding tert-OH is 1. The highest BCUT2D eigenvalue weighted by Crippen LogP contribution is 2.42. The molecule has 3 aliphatic heterocycles. The Bertz CT molecular complexity index is 2250. The summed E-state index contributed by atoms with van der Waals surface area (Å²) in [4.78, 5) is 88.9. The summed E-state index contributed by atoms with van der Waals surface area (Å²) in [6.45, 7) is 13.3. The number of nitrogens with one attached hydrogen (secondary N) is 2. The number of amides is 2. The lowest BCUT2D eigenvalue weighted by Gasteiger charge is -2.48. The quantitative estimate of drug-likeness (QED) is 0.166. The molecule has 0 saturated carbocycles. The predicted octanol–water partition coefficient (Wildman–Crippen LogP) is 5.17. The maximum atomic E-state index is 14.7. The number of alkyl carbamates (subject to hydrolysis) is 2. The van der Waals surface area contributed by atoms with Gasteiger partial charge >= 0.3 is 24.1 Å². The topological polar surface area (TPSA) is 240 Å². The Morgan fingerprint density at radius 1 is 0.985 bits per heavy atom. The molecule has 3 saturated heterocycles. The average molecular weight is 944 g/mol. The zero-order valence-corrected chi connectivity index (χ0v) is 40.4. The number of esters is 2. The number of carbonyl (C=O) groups is 5. The largest absolute Gasteiger partial charge is 0.458 e. The number of hydrogen-bond acceptors (Lipinski definition) is 17. The second-order valence-corrected chi connectivity index (χ2v) is 18.7. The minimum Gasteiger partial charge on any atom is -0.458 e. The number of hydrogen-bond donors (Lipinski definition) is 3. The number of ketones is 1. The maximum absolute atomic E-state index is 14.7. The van der Waals surface area contributed by atoms with Gasteiger partial charge in [-0.05, 0) is 72.7 Å². The van der Waals surface area contributed by atoms with E-state index in [1.165, 1.54) is 25.5 Å². The SMILES string of the molecule is CC[C@H]1OC(=O)[C@H](C)[C@@H](OC(=O)c2cnccn2)[C@H](C)[C@@H](O[C@@H]2O[C@H](C)C[C@H](N(C)C)[C@H]2O)[C@](C)(OC(=O)NCC=Cc2ccc(-c3ncccn3)cc2)C[C@@H](C)C(=O)[C@H](C)[C@H]2NC(=O)O[C@@]21C. The monoisotopic (exact) mass is 943 g/mol. The Morgan fingerprint density at radius 2 is 1.69 bits per heavy atom. The number of fused-ring (bicyclic) bond motifs is 1. The number of nitrogens with zero attached hydrogens (tertiary/aromatic N) is 5. The molecule has 5 heterocycles. The molecule has 6 rings (SSSR count). The molecular formula is C49H65N7O12. The van der Waals surface area contributed by atoms with E-state index in [1.807, 2.05) is 56.3 Å². The van der Waals surface area contributed by atoms with Crippen LogP contribution in [0.4, 0.5) is 9.59 Å². The summed E-state index contributed by atoms with van der Waals surface area (Å²) in [5, 5.41) is 17.4. The van der Waals surface area contributed by atoms with Gasteiger partial charge in [-0.15, -0.1) is 0 Å². The fourth-order valence-electron chi connectivity index (χ4n) is 9.80. The van der Waals surface area contributed by atoms with Crippen LogP contribution in [0.15, 0.2) is 67.4 Å². The van der Waals surface area contributed by atoms with Crippen molar-refractivity contribution < 1.29 is 57.5 Å². The number of benzene rings is 1. The summed E-state index contributed by atoms with van der Waals surface area (Å²) in [6.07, 6.45) is 2.83. The third-order valence-electron chi connectivity index (χ3n) is 13.4. The molecule has 0 aliphatic carbocycles. The summed E-state index contributed by atoms with van der Waals surface area (Å²) in [6, 6.07) is 7.93. The Labute approximate surface area is 397 Å². The van der Waals surface area contributed by atoms with Crippen molar-refractivity contribution in [2.45, 2.75) is 135 Å². The normalized spacial score (nSPS) is 33.7. The zero-order chi connectivity index (χ0) is 49.5. The van der Waals surface area contributed by atoms with E-state index in [4.69, 9.17) is 28.4 Å².